The first-order valence-corrected chi connectivity index (χ1v) is 7.43. The molecule has 1 aliphatic heterocycles. The first-order valence-electron chi connectivity index (χ1n) is 7.43. The Morgan fingerprint density at radius 1 is 1.25 bits per heavy atom. The highest BCUT2D eigenvalue weighted by Gasteiger charge is 2.14. The minimum absolute atomic E-state index is 0.607. The van der Waals surface area contributed by atoms with Crippen LogP contribution < -0.4 is 14.8 Å². The number of ether oxygens (including phenoxy) is 3. The fourth-order valence-corrected chi connectivity index (χ4v) is 2.11. The van der Waals surface area contributed by atoms with Gasteiger partial charge < -0.3 is 19.5 Å². The second-order valence-electron chi connectivity index (χ2n) is 5.44. The van der Waals surface area contributed by atoms with Gasteiger partial charge >= 0.3 is 0 Å². The van der Waals surface area contributed by atoms with Gasteiger partial charge in [-0.1, -0.05) is 26.0 Å². The Balaban J connectivity index is 1.67. The van der Waals surface area contributed by atoms with Crippen molar-refractivity contribution in [3.05, 3.63) is 23.8 Å². The third-order valence-corrected chi connectivity index (χ3v) is 3.06. The molecule has 1 heterocycles. The van der Waals surface area contributed by atoms with E-state index < -0.39 is 0 Å². The SMILES string of the molecule is CC(C)COCCCNCc1cccc2c1OCCO2. The van der Waals surface area contributed by atoms with Gasteiger partial charge in [0.05, 0.1) is 0 Å². The summed E-state index contributed by atoms with van der Waals surface area (Å²) in [6.07, 6.45) is 1.03. The molecule has 1 aromatic carbocycles. The normalized spacial score (nSPS) is 13.8. The van der Waals surface area contributed by atoms with Crippen LogP contribution >= 0.6 is 0 Å². The lowest BCUT2D eigenvalue weighted by Gasteiger charge is -2.21. The van der Waals surface area contributed by atoms with Crippen LogP contribution in [0.1, 0.15) is 25.8 Å². The number of fused-ring (bicyclic) bond motifs is 1. The molecule has 1 aliphatic rings. The van der Waals surface area contributed by atoms with E-state index in [-0.39, 0.29) is 0 Å². The van der Waals surface area contributed by atoms with E-state index in [1.807, 2.05) is 12.1 Å². The second-order valence-corrected chi connectivity index (χ2v) is 5.44. The predicted octanol–water partition coefficient (Wildman–Crippen LogP) is 2.61. The standard InChI is InChI=1S/C16H25NO3/c1-13(2)12-18-8-4-7-17-11-14-5-3-6-15-16(14)20-10-9-19-15/h3,5-6,13,17H,4,7-12H2,1-2H3. The van der Waals surface area contributed by atoms with Crippen molar-refractivity contribution >= 4 is 0 Å². The molecule has 112 valence electrons. The monoisotopic (exact) mass is 279 g/mol. The van der Waals surface area contributed by atoms with E-state index in [9.17, 15) is 0 Å². The van der Waals surface area contributed by atoms with E-state index in [1.165, 1.54) is 0 Å². The van der Waals surface area contributed by atoms with Crippen molar-refractivity contribution in [2.75, 3.05) is 33.0 Å². The van der Waals surface area contributed by atoms with Crippen LogP contribution in [0.3, 0.4) is 0 Å². The van der Waals surface area contributed by atoms with Crippen LogP contribution in [0.2, 0.25) is 0 Å². The summed E-state index contributed by atoms with van der Waals surface area (Å²) in [7, 11) is 0. The average molecular weight is 279 g/mol. The zero-order valence-corrected chi connectivity index (χ0v) is 12.5. The van der Waals surface area contributed by atoms with E-state index in [2.05, 4.69) is 25.2 Å². The van der Waals surface area contributed by atoms with E-state index in [1.54, 1.807) is 0 Å². The third kappa shape index (κ3) is 4.69. The Bertz CT molecular complexity index is 407. The maximum absolute atomic E-state index is 5.69. The van der Waals surface area contributed by atoms with Crippen LogP contribution in [0.25, 0.3) is 0 Å². The lowest BCUT2D eigenvalue weighted by molar-refractivity contribution is 0.108. The smallest absolute Gasteiger partial charge is 0.165 e. The summed E-state index contributed by atoms with van der Waals surface area (Å²) in [5, 5.41) is 3.42. The molecule has 0 atom stereocenters. The van der Waals surface area contributed by atoms with Gasteiger partial charge in [0.2, 0.25) is 0 Å². The summed E-state index contributed by atoms with van der Waals surface area (Å²) in [5.74, 6) is 2.36. The topological polar surface area (TPSA) is 39.7 Å². The Kier molecular flexibility index (Phi) is 6.15. The van der Waals surface area contributed by atoms with Crippen LogP contribution in [0.15, 0.2) is 18.2 Å². The molecule has 20 heavy (non-hydrogen) atoms. The van der Waals surface area contributed by atoms with E-state index in [0.29, 0.717) is 19.1 Å². The molecule has 0 aliphatic carbocycles. The van der Waals surface area contributed by atoms with E-state index >= 15 is 0 Å². The van der Waals surface area contributed by atoms with Crippen LogP contribution in [-0.4, -0.2) is 33.0 Å². The quantitative estimate of drug-likeness (QED) is 0.743. The molecule has 2 rings (SSSR count). The van der Waals surface area contributed by atoms with Gasteiger partial charge in [0.15, 0.2) is 11.5 Å². The fraction of sp³-hybridized carbons (Fsp3) is 0.625. The van der Waals surface area contributed by atoms with Gasteiger partial charge in [-0.2, -0.15) is 0 Å². The van der Waals surface area contributed by atoms with Crippen LogP contribution in [0.4, 0.5) is 0 Å². The summed E-state index contributed by atoms with van der Waals surface area (Å²) >= 11 is 0. The van der Waals surface area contributed by atoms with Crippen molar-refractivity contribution in [2.24, 2.45) is 5.92 Å². The van der Waals surface area contributed by atoms with Gasteiger partial charge in [0.1, 0.15) is 13.2 Å². The van der Waals surface area contributed by atoms with E-state index in [0.717, 1.165) is 49.8 Å². The molecule has 0 saturated heterocycles. The highest BCUT2D eigenvalue weighted by molar-refractivity contribution is 5.47. The van der Waals surface area contributed by atoms with Gasteiger partial charge in [-0.05, 0) is 24.9 Å². The minimum atomic E-state index is 0.607. The summed E-state index contributed by atoms with van der Waals surface area (Å²) in [5.41, 5.74) is 1.16. The Morgan fingerprint density at radius 2 is 2.10 bits per heavy atom. The van der Waals surface area contributed by atoms with Crippen LogP contribution in [-0.2, 0) is 11.3 Å². The fourth-order valence-electron chi connectivity index (χ4n) is 2.11. The lowest BCUT2D eigenvalue weighted by Crippen LogP contribution is -2.20. The zero-order valence-electron chi connectivity index (χ0n) is 12.5. The van der Waals surface area contributed by atoms with Gasteiger partial charge in [-0.25, -0.2) is 0 Å². The molecule has 0 unspecified atom stereocenters. The van der Waals surface area contributed by atoms with Crippen molar-refractivity contribution in [1.29, 1.82) is 0 Å². The Hall–Kier alpha value is -1.26. The maximum atomic E-state index is 5.69. The molecular weight excluding hydrogens is 254 g/mol. The number of hydrogen-bond donors (Lipinski definition) is 1. The highest BCUT2D eigenvalue weighted by atomic mass is 16.6. The molecular formula is C16H25NO3. The Morgan fingerprint density at radius 3 is 2.95 bits per heavy atom. The first-order chi connectivity index (χ1) is 9.77. The Labute approximate surface area is 121 Å². The average Bonchev–Trinajstić information content (AvgIpc) is 2.46. The van der Waals surface area contributed by atoms with Crippen molar-refractivity contribution in [1.82, 2.24) is 5.32 Å². The number of nitrogens with one attached hydrogen (secondary N) is 1. The van der Waals surface area contributed by atoms with E-state index in [4.69, 9.17) is 14.2 Å². The van der Waals surface area contributed by atoms with Gasteiger partial charge in [-0.3, -0.25) is 0 Å². The second kappa shape index (κ2) is 8.12. The van der Waals surface area contributed by atoms with Crippen molar-refractivity contribution in [3.8, 4) is 11.5 Å². The largest absolute Gasteiger partial charge is 0.486 e. The summed E-state index contributed by atoms with van der Waals surface area (Å²) in [6.45, 7) is 9.01. The molecule has 0 aromatic heterocycles. The number of rotatable bonds is 8. The van der Waals surface area contributed by atoms with Crippen LogP contribution in [0, 0.1) is 5.92 Å². The molecule has 4 heteroatoms. The molecule has 0 radical (unpaired) electrons. The zero-order chi connectivity index (χ0) is 14.2. The molecule has 0 bridgehead atoms. The number of hydrogen-bond acceptors (Lipinski definition) is 4. The van der Waals surface area contributed by atoms with Gasteiger partial charge in [0, 0.05) is 25.3 Å². The number of para-hydroxylation sites is 1. The summed E-state index contributed by atoms with van der Waals surface area (Å²) in [6, 6.07) is 6.05. The summed E-state index contributed by atoms with van der Waals surface area (Å²) in [4.78, 5) is 0. The number of benzene rings is 1. The van der Waals surface area contributed by atoms with Crippen molar-refractivity contribution in [3.63, 3.8) is 0 Å². The third-order valence-electron chi connectivity index (χ3n) is 3.06. The van der Waals surface area contributed by atoms with Crippen LogP contribution in [0.5, 0.6) is 11.5 Å². The molecule has 0 fully saturated rings. The van der Waals surface area contributed by atoms with Crippen molar-refractivity contribution < 1.29 is 14.2 Å². The van der Waals surface area contributed by atoms with Crippen molar-refractivity contribution in [2.45, 2.75) is 26.8 Å². The minimum Gasteiger partial charge on any atom is -0.486 e. The highest BCUT2D eigenvalue weighted by Crippen LogP contribution is 2.33. The first kappa shape index (κ1) is 15.1. The van der Waals surface area contributed by atoms with Gasteiger partial charge in [0.25, 0.3) is 0 Å². The van der Waals surface area contributed by atoms with Gasteiger partial charge in [-0.15, -0.1) is 0 Å². The molecule has 1 N–H and O–H groups in total. The summed E-state index contributed by atoms with van der Waals surface area (Å²) < 4.78 is 16.8. The molecule has 0 spiro atoms. The molecule has 0 amide bonds. The molecule has 0 saturated carbocycles. The maximum Gasteiger partial charge on any atom is 0.165 e. The lowest BCUT2D eigenvalue weighted by atomic mass is 10.1. The predicted molar refractivity (Wildman–Crippen MR) is 79.4 cm³/mol. The molecule has 1 aromatic rings. The molecule has 4 nitrogen and oxygen atoms in total.